The first-order valence-electron chi connectivity index (χ1n) is 4.97. The van der Waals surface area contributed by atoms with Gasteiger partial charge in [-0.05, 0) is 12.1 Å². The molecule has 0 saturated heterocycles. The molecule has 5 nitrogen and oxygen atoms in total. The minimum atomic E-state index is 0.146. The fourth-order valence-corrected chi connectivity index (χ4v) is 1.87. The van der Waals surface area contributed by atoms with Gasteiger partial charge in [0.2, 0.25) is 12.5 Å². The number of aromatic nitrogens is 2. The van der Waals surface area contributed by atoms with Crippen molar-refractivity contribution in [2.24, 2.45) is 0 Å². The minimum Gasteiger partial charge on any atom is -0.454 e. The fourth-order valence-electron chi connectivity index (χ4n) is 1.48. The molecule has 0 atom stereocenters. The quantitative estimate of drug-likeness (QED) is 0.792. The highest BCUT2D eigenvalue weighted by Gasteiger charge is 2.16. The third-order valence-corrected chi connectivity index (χ3v) is 2.82. The zero-order chi connectivity index (χ0) is 12.5. The Bertz CT molecular complexity index is 587. The highest BCUT2D eigenvalue weighted by Crippen LogP contribution is 2.39. The molecular formula is C11H6Cl2N2O3. The molecule has 0 saturated carbocycles. The van der Waals surface area contributed by atoms with E-state index in [1.807, 2.05) is 0 Å². The summed E-state index contributed by atoms with van der Waals surface area (Å²) in [6, 6.07) is 5.14. The second kappa shape index (κ2) is 4.51. The van der Waals surface area contributed by atoms with Crippen molar-refractivity contribution < 1.29 is 14.2 Å². The molecule has 2 heterocycles. The lowest BCUT2D eigenvalue weighted by Crippen LogP contribution is -1.93. The Hall–Kier alpha value is -1.72. The molecule has 92 valence electrons. The smallest absolute Gasteiger partial charge is 0.231 e. The second-order valence-corrected chi connectivity index (χ2v) is 4.12. The average molecular weight is 285 g/mol. The van der Waals surface area contributed by atoms with E-state index in [9.17, 15) is 0 Å². The van der Waals surface area contributed by atoms with Crippen molar-refractivity contribution in [1.29, 1.82) is 0 Å². The van der Waals surface area contributed by atoms with Gasteiger partial charge in [0.15, 0.2) is 21.8 Å². The number of nitrogens with zero attached hydrogens (tertiary/aromatic N) is 2. The summed E-state index contributed by atoms with van der Waals surface area (Å²) in [5, 5.41) is 0.292. The van der Waals surface area contributed by atoms with Crippen LogP contribution < -0.4 is 14.2 Å². The highest BCUT2D eigenvalue weighted by atomic mass is 35.5. The molecule has 0 unspecified atom stereocenters. The molecule has 0 bridgehead atoms. The van der Waals surface area contributed by atoms with Crippen molar-refractivity contribution in [3.63, 3.8) is 0 Å². The molecule has 3 rings (SSSR count). The first kappa shape index (κ1) is 11.4. The van der Waals surface area contributed by atoms with Crippen LogP contribution in [0.4, 0.5) is 0 Å². The monoisotopic (exact) mass is 284 g/mol. The van der Waals surface area contributed by atoms with Crippen LogP contribution in [0.1, 0.15) is 0 Å². The maximum Gasteiger partial charge on any atom is 0.231 e. The Kier molecular flexibility index (Phi) is 2.85. The molecular weight excluding hydrogens is 279 g/mol. The van der Waals surface area contributed by atoms with Gasteiger partial charge in [0.25, 0.3) is 0 Å². The van der Waals surface area contributed by atoms with E-state index in [1.165, 1.54) is 6.33 Å². The molecule has 2 aromatic rings. The van der Waals surface area contributed by atoms with Crippen LogP contribution in [-0.2, 0) is 0 Å². The van der Waals surface area contributed by atoms with Crippen LogP contribution in [0.5, 0.6) is 23.0 Å². The summed E-state index contributed by atoms with van der Waals surface area (Å²) in [5.41, 5.74) is 0. The van der Waals surface area contributed by atoms with Gasteiger partial charge in [0.1, 0.15) is 12.1 Å². The van der Waals surface area contributed by atoms with Gasteiger partial charge in [0.05, 0.1) is 0 Å². The maximum absolute atomic E-state index is 5.88. The predicted octanol–water partition coefficient (Wildman–Crippen LogP) is 3.30. The van der Waals surface area contributed by atoms with Gasteiger partial charge in [-0.1, -0.05) is 23.2 Å². The molecule has 0 N–H and O–H groups in total. The lowest BCUT2D eigenvalue weighted by atomic mass is 10.3. The summed E-state index contributed by atoms with van der Waals surface area (Å²) in [7, 11) is 0. The van der Waals surface area contributed by atoms with E-state index in [2.05, 4.69) is 9.97 Å². The molecule has 18 heavy (non-hydrogen) atoms. The van der Waals surface area contributed by atoms with Gasteiger partial charge in [-0.15, -0.1) is 0 Å². The highest BCUT2D eigenvalue weighted by molar-refractivity contribution is 6.35. The normalized spacial score (nSPS) is 12.6. The Balaban J connectivity index is 1.93. The zero-order valence-corrected chi connectivity index (χ0v) is 10.4. The zero-order valence-electron chi connectivity index (χ0n) is 8.89. The van der Waals surface area contributed by atoms with Crippen LogP contribution in [0, 0.1) is 0 Å². The number of hydrogen-bond acceptors (Lipinski definition) is 5. The van der Waals surface area contributed by atoms with Crippen LogP contribution in [0.2, 0.25) is 10.3 Å². The Labute approximate surface area is 112 Å². The van der Waals surface area contributed by atoms with Crippen molar-refractivity contribution in [2.75, 3.05) is 6.79 Å². The molecule has 0 radical (unpaired) electrons. The fraction of sp³-hybridized carbons (Fsp3) is 0.0909. The van der Waals surface area contributed by atoms with Crippen LogP contribution in [0.3, 0.4) is 0 Å². The molecule has 0 spiro atoms. The Morgan fingerprint density at radius 1 is 1.06 bits per heavy atom. The summed E-state index contributed by atoms with van der Waals surface area (Å²) in [5.74, 6) is 2.00. The third-order valence-electron chi connectivity index (χ3n) is 2.28. The molecule has 1 aromatic carbocycles. The molecule has 1 aromatic heterocycles. The first-order chi connectivity index (χ1) is 8.74. The minimum absolute atomic E-state index is 0.146. The number of benzene rings is 1. The number of fused-ring (bicyclic) bond motifs is 1. The molecule has 0 fully saturated rings. The number of ether oxygens (including phenoxy) is 3. The van der Waals surface area contributed by atoms with Gasteiger partial charge in [-0.2, -0.15) is 0 Å². The SMILES string of the molecule is Clc1ncnc(Cl)c1Oc1ccc2c(c1)OCO2. The van der Waals surface area contributed by atoms with Gasteiger partial charge >= 0.3 is 0 Å². The lowest BCUT2D eigenvalue weighted by Gasteiger charge is -2.08. The van der Waals surface area contributed by atoms with E-state index < -0.39 is 0 Å². The van der Waals surface area contributed by atoms with Crippen molar-refractivity contribution in [2.45, 2.75) is 0 Å². The van der Waals surface area contributed by atoms with Crippen molar-refractivity contribution in [3.05, 3.63) is 34.8 Å². The Morgan fingerprint density at radius 3 is 2.56 bits per heavy atom. The van der Waals surface area contributed by atoms with E-state index in [4.69, 9.17) is 37.4 Å². The van der Waals surface area contributed by atoms with Crippen molar-refractivity contribution >= 4 is 23.2 Å². The summed E-state index contributed by atoms with van der Waals surface area (Å²) in [6.45, 7) is 0.203. The van der Waals surface area contributed by atoms with E-state index in [0.717, 1.165) is 0 Å². The number of hydrogen-bond donors (Lipinski definition) is 0. The van der Waals surface area contributed by atoms with Gasteiger partial charge in [0, 0.05) is 6.07 Å². The van der Waals surface area contributed by atoms with E-state index in [0.29, 0.717) is 17.2 Å². The Morgan fingerprint density at radius 2 is 1.78 bits per heavy atom. The molecule has 1 aliphatic heterocycles. The number of halogens is 2. The average Bonchev–Trinajstić information content (AvgIpc) is 2.81. The third kappa shape index (κ3) is 2.02. The molecule has 7 heteroatoms. The maximum atomic E-state index is 5.88. The topological polar surface area (TPSA) is 53.5 Å². The standard InChI is InChI=1S/C11H6Cl2N2O3/c12-10-9(11(13)15-4-14-10)18-6-1-2-7-8(3-6)17-5-16-7/h1-4H,5H2. The largest absolute Gasteiger partial charge is 0.454 e. The second-order valence-electron chi connectivity index (χ2n) is 3.40. The van der Waals surface area contributed by atoms with E-state index >= 15 is 0 Å². The molecule has 0 aliphatic carbocycles. The van der Waals surface area contributed by atoms with Crippen LogP contribution >= 0.6 is 23.2 Å². The summed E-state index contributed by atoms with van der Waals surface area (Å²) < 4.78 is 16.0. The number of rotatable bonds is 2. The van der Waals surface area contributed by atoms with Gasteiger partial charge in [-0.3, -0.25) is 0 Å². The van der Waals surface area contributed by atoms with Gasteiger partial charge in [-0.25, -0.2) is 9.97 Å². The van der Waals surface area contributed by atoms with Crippen molar-refractivity contribution in [3.8, 4) is 23.0 Å². The van der Waals surface area contributed by atoms with Crippen molar-refractivity contribution in [1.82, 2.24) is 9.97 Å². The van der Waals surface area contributed by atoms with E-state index in [-0.39, 0.29) is 22.8 Å². The van der Waals surface area contributed by atoms with Gasteiger partial charge < -0.3 is 14.2 Å². The summed E-state index contributed by atoms with van der Waals surface area (Å²) >= 11 is 11.8. The first-order valence-corrected chi connectivity index (χ1v) is 5.73. The molecule has 1 aliphatic rings. The van der Waals surface area contributed by atoms with Crippen LogP contribution in [-0.4, -0.2) is 16.8 Å². The lowest BCUT2D eigenvalue weighted by molar-refractivity contribution is 0.174. The van der Waals surface area contributed by atoms with Crippen LogP contribution in [0.15, 0.2) is 24.5 Å². The van der Waals surface area contributed by atoms with E-state index in [1.54, 1.807) is 18.2 Å². The van der Waals surface area contributed by atoms with Crippen LogP contribution in [0.25, 0.3) is 0 Å². The summed E-state index contributed by atoms with van der Waals surface area (Å²) in [6.07, 6.45) is 1.26. The summed E-state index contributed by atoms with van der Waals surface area (Å²) in [4.78, 5) is 7.60. The predicted molar refractivity (Wildman–Crippen MR) is 64.7 cm³/mol. The molecule has 0 amide bonds.